The number of amidine groups is 1. The first-order valence-corrected chi connectivity index (χ1v) is 9.78. The SMILES string of the molecule is COc1ccc(/C=N/N=C2\NC(=O)C(CC(=O)c3ccc(C)cc3)S2)cc1OC. The maximum atomic E-state index is 12.4. The Labute approximate surface area is 173 Å². The second-order valence-electron chi connectivity index (χ2n) is 6.35. The van der Waals surface area contributed by atoms with Crippen molar-refractivity contribution in [1.82, 2.24) is 5.32 Å². The molecule has 8 heteroatoms. The molecule has 150 valence electrons. The van der Waals surface area contributed by atoms with Gasteiger partial charge >= 0.3 is 0 Å². The molecule has 0 radical (unpaired) electrons. The fraction of sp³-hybridized carbons (Fsp3) is 0.238. The molecule has 1 atom stereocenters. The van der Waals surface area contributed by atoms with Crippen LogP contribution in [0, 0.1) is 6.92 Å². The van der Waals surface area contributed by atoms with Crippen molar-refractivity contribution in [3.63, 3.8) is 0 Å². The molecule has 0 bridgehead atoms. The van der Waals surface area contributed by atoms with E-state index in [0.717, 1.165) is 11.1 Å². The van der Waals surface area contributed by atoms with Gasteiger partial charge in [-0.05, 0) is 30.7 Å². The van der Waals surface area contributed by atoms with Crippen LogP contribution in [0.3, 0.4) is 0 Å². The van der Waals surface area contributed by atoms with Crippen LogP contribution < -0.4 is 14.8 Å². The molecule has 3 rings (SSSR count). The van der Waals surface area contributed by atoms with Crippen molar-refractivity contribution in [1.29, 1.82) is 0 Å². The van der Waals surface area contributed by atoms with Crippen LogP contribution in [0.1, 0.15) is 27.9 Å². The van der Waals surface area contributed by atoms with Crippen LogP contribution in [0.25, 0.3) is 0 Å². The highest BCUT2D eigenvalue weighted by molar-refractivity contribution is 8.15. The average Bonchev–Trinajstić information content (AvgIpc) is 3.07. The molecule has 1 unspecified atom stereocenters. The molecular formula is C21H21N3O4S. The Bertz CT molecular complexity index is 970. The second-order valence-corrected chi connectivity index (χ2v) is 7.54. The van der Waals surface area contributed by atoms with Gasteiger partial charge in [-0.25, -0.2) is 0 Å². The summed E-state index contributed by atoms with van der Waals surface area (Å²) in [6, 6.07) is 12.7. The van der Waals surface area contributed by atoms with Gasteiger partial charge in [0.25, 0.3) is 0 Å². The molecule has 1 N–H and O–H groups in total. The molecule has 1 fully saturated rings. The number of aryl methyl sites for hydroxylation is 1. The molecule has 0 saturated carbocycles. The number of carbonyl (C=O) groups is 2. The largest absolute Gasteiger partial charge is 0.493 e. The van der Waals surface area contributed by atoms with E-state index < -0.39 is 5.25 Å². The van der Waals surface area contributed by atoms with Gasteiger partial charge in [0.1, 0.15) is 0 Å². The second kappa shape index (κ2) is 9.38. The number of ether oxygens (including phenoxy) is 2. The molecule has 1 amide bonds. The first kappa shape index (κ1) is 20.6. The quantitative estimate of drug-likeness (QED) is 0.429. The molecule has 0 aliphatic carbocycles. The van der Waals surface area contributed by atoms with E-state index in [1.54, 1.807) is 44.7 Å². The zero-order valence-electron chi connectivity index (χ0n) is 16.3. The van der Waals surface area contributed by atoms with Crippen LogP contribution in [-0.4, -0.2) is 42.5 Å². The molecule has 1 aliphatic heterocycles. The van der Waals surface area contributed by atoms with Gasteiger partial charge in [-0.15, -0.1) is 5.10 Å². The summed E-state index contributed by atoms with van der Waals surface area (Å²) in [5, 5.41) is 10.6. The molecular weight excluding hydrogens is 390 g/mol. The molecule has 29 heavy (non-hydrogen) atoms. The minimum Gasteiger partial charge on any atom is -0.493 e. The number of thioether (sulfide) groups is 1. The number of hydrogen-bond donors (Lipinski definition) is 1. The zero-order chi connectivity index (χ0) is 20.8. The molecule has 2 aromatic carbocycles. The summed E-state index contributed by atoms with van der Waals surface area (Å²) >= 11 is 1.20. The molecule has 1 aliphatic rings. The Balaban J connectivity index is 1.62. The van der Waals surface area contributed by atoms with Crippen molar-refractivity contribution in [2.24, 2.45) is 10.2 Å². The van der Waals surface area contributed by atoms with E-state index in [1.165, 1.54) is 11.8 Å². The van der Waals surface area contributed by atoms with E-state index in [0.29, 0.717) is 22.2 Å². The third-order valence-corrected chi connectivity index (χ3v) is 5.36. The van der Waals surface area contributed by atoms with Gasteiger partial charge in [-0.2, -0.15) is 5.10 Å². The van der Waals surface area contributed by atoms with Crippen LogP contribution in [-0.2, 0) is 4.79 Å². The number of nitrogens with one attached hydrogen (secondary N) is 1. The van der Waals surface area contributed by atoms with Gasteiger partial charge in [0.15, 0.2) is 22.4 Å². The van der Waals surface area contributed by atoms with E-state index in [4.69, 9.17) is 9.47 Å². The lowest BCUT2D eigenvalue weighted by molar-refractivity contribution is -0.118. The van der Waals surface area contributed by atoms with Crippen LogP contribution in [0.2, 0.25) is 0 Å². The fourth-order valence-electron chi connectivity index (χ4n) is 2.69. The van der Waals surface area contributed by atoms with E-state index in [2.05, 4.69) is 15.5 Å². The maximum absolute atomic E-state index is 12.4. The number of hydrogen-bond acceptors (Lipinski definition) is 7. The van der Waals surface area contributed by atoms with E-state index in [-0.39, 0.29) is 18.1 Å². The minimum absolute atomic E-state index is 0.0762. The topological polar surface area (TPSA) is 89.4 Å². The van der Waals surface area contributed by atoms with Crippen molar-refractivity contribution in [2.45, 2.75) is 18.6 Å². The third-order valence-electron chi connectivity index (χ3n) is 4.28. The summed E-state index contributed by atoms with van der Waals surface area (Å²) in [4.78, 5) is 24.5. The smallest absolute Gasteiger partial charge is 0.240 e. The van der Waals surface area contributed by atoms with Crippen molar-refractivity contribution < 1.29 is 19.1 Å². The molecule has 1 heterocycles. The van der Waals surface area contributed by atoms with Crippen LogP contribution in [0.15, 0.2) is 52.7 Å². The summed E-state index contributed by atoms with van der Waals surface area (Å²) in [7, 11) is 3.12. The minimum atomic E-state index is -0.515. The number of Topliss-reactive ketones (excluding diaryl/α,β-unsaturated/α-hetero) is 1. The lowest BCUT2D eigenvalue weighted by atomic mass is 10.0. The standard InChI is InChI=1S/C21H21N3O4S/c1-13-4-7-15(8-5-13)16(25)11-19-20(26)23-21(29-19)24-22-12-14-6-9-17(27-2)18(10-14)28-3/h4-10,12,19H,11H2,1-3H3,(H,23,24,26)/b22-12+. The highest BCUT2D eigenvalue weighted by Crippen LogP contribution is 2.27. The van der Waals surface area contributed by atoms with Crippen LogP contribution >= 0.6 is 11.8 Å². The summed E-state index contributed by atoms with van der Waals surface area (Å²) < 4.78 is 10.4. The van der Waals surface area contributed by atoms with Crippen molar-refractivity contribution in [3.05, 3.63) is 59.2 Å². The summed E-state index contributed by atoms with van der Waals surface area (Å²) in [5.41, 5.74) is 2.45. The van der Waals surface area contributed by atoms with Gasteiger partial charge in [-0.3, -0.25) is 9.59 Å². The van der Waals surface area contributed by atoms with Gasteiger partial charge in [0, 0.05) is 12.0 Å². The van der Waals surface area contributed by atoms with E-state index in [1.807, 2.05) is 25.1 Å². The lowest BCUT2D eigenvalue weighted by Gasteiger charge is -2.07. The Morgan fingerprint density at radius 3 is 2.55 bits per heavy atom. The Morgan fingerprint density at radius 1 is 1.14 bits per heavy atom. The highest BCUT2D eigenvalue weighted by Gasteiger charge is 2.32. The first-order chi connectivity index (χ1) is 14.0. The van der Waals surface area contributed by atoms with E-state index >= 15 is 0 Å². The van der Waals surface area contributed by atoms with Crippen LogP contribution in [0.5, 0.6) is 11.5 Å². The summed E-state index contributed by atoms with van der Waals surface area (Å²) in [6.45, 7) is 1.96. The van der Waals surface area contributed by atoms with Crippen molar-refractivity contribution in [3.8, 4) is 11.5 Å². The molecule has 0 spiro atoms. The Morgan fingerprint density at radius 2 is 1.86 bits per heavy atom. The molecule has 1 saturated heterocycles. The number of carbonyl (C=O) groups excluding carboxylic acids is 2. The summed E-state index contributed by atoms with van der Waals surface area (Å²) in [5.74, 6) is 0.890. The monoisotopic (exact) mass is 411 g/mol. The fourth-order valence-corrected chi connectivity index (χ4v) is 3.62. The third kappa shape index (κ3) is 5.23. The predicted octanol–water partition coefficient (Wildman–Crippen LogP) is 3.21. The van der Waals surface area contributed by atoms with Gasteiger partial charge in [-0.1, -0.05) is 41.6 Å². The zero-order valence-corrected chi connectivity index (χ0v) is 17.2. The Hall–Kier alpha value is -3.13. The van der Waals surface area contributed by atoms with Crippen LogP contribution in [0.4, 0.5) is 0 Å². The number of nitrogens with zero attached hydrogens (tertiary/aromatic N) is 2. The maximum Gasteiger partial charge on any atom is 0.240 e. The average molecular weight is 411 g/mol. The van der Waals surface area contributed by atoms with Crippen molar-refractivity contribution >= 4 is 34.8 Å². The number of benzene rings is 2. The number of rotatable bonds is 7. The van der Waals surface area contributed by atoms with Gasteiger partial charge < -0.3 is 14.8 Å². The highest BCUT2D eigenvalue weighted by atomic mass is 32.2. The summed E-state index contributed by atoms with van der Waals surface area (Å²) in [6.07, 6.45) is 1.66. The lowest BCUT2D eigenvalue weighted by Crippen LogP contribution is -2.26. The Kier molecular flexibility index (Phi) is 6.66. The van der Waals surface area contributed by atoms with Gasteiger partial charge in [0.2, 0.25) is 5.91 Å². The normalized spacial score (nSPS) is 17.6. The number of amides is 1. The molecule has 2 aromatic rings. The number of ketones is 1. The van der Waals surface area contributed by atoms with Crippen molar-refractivity contribution in [2.75, 3.05) is 14.2 Å². The molecule has 0 aromatic heterocycles. The van der Waals surface area contributed by atoms with Gasteiger partial charge in [0.05, 0.1) is 25.7 Å². The number of methoxy groups -OCH3 is 2. The predicted molar refractivity (Wildman–Crippen MR) is 114 cm³/mol. The van der Waals surface area contributed by atoms with E-state index in [9.17, 15) is 9.59 Å². The first-order valence-electron chi connectivity index (χ1n) is 8.90. The molecule has 7 nitrogen and oxygen atoms in total.